The van der Waals surface area contributed by atoms with Gasteiger partial charge in [0.1, 0.15) is 10.6 Å². The monoisotopic (exact) mass is 390 g/mol. The Morgan fingerprint density at radius 3 is 2.78 bits per heavy atom. The number of ether oxygens (including phenoxy) is 1. The summed E-state index contributed by atoms with van der Waals surface area (Å²) in [6, 6.07) is 11.1. The molecule has 0 unspecified atom stereocenters. The average molecular weight is 390 g/mol. The van der Waals surface area contributed by atoms with E-state index in [9.17, 15) is 18.5 Å². The third-order valence-corrected chi connectivity index (χ3v) is 5.53. The lowest BCUT2D eigenvalue weighted by molar-refractivity contribution is -0.385. The normalized spacial score (nSPS) is 11.6. The van der Waals surface area contributed by atoms with Crippen molar-refractivity contribution in [2.24, 2.45) is 0 Å². The molecule has 9 nitrogen and oxygen atoms in total. The number of hydrogen-bond acceptors (Lipinski definition) is 6. The summed E-state index contributed by atoms with van der Waals surface area (Å²) < 4.78 is 34.5. The number of sulfonamides is 1. The highest BCUT2D eigenvalue weighted by Gasteiger charge is 2.22. The number of aromatic nitrogens is 2. The summed E-state index contributed by atoms with van der Waals surface area (Å²) in [5, 5.41) is 10.9. The molecule has 3 rings (SSSR count). The van der Waals surface area contributed by atoms with Crippen LogP contribution >= 0.6 is 0 Å². The summed E-state index contributed by atoms with van der Waals surface area (Å²) in [6.45, 7) is 0.746. The van der Waals surface area contributed by atoms with Gasteiger partial charge < -0.3 is 9.30 Å². The van der Waals surface area contributed by atoms with E-state index in [1.165, 1.54) is 19.2 Å². The van der Waals surface area contributed by atoms with Crippen molar-refractivity contribution in [1.82, 2.24) is 14.3 Å². The molecule has 2 aromatic carbocycles. The van der Waals surface area contributed by atoms with E-state index in [1.807, 2.05) is 28.8 Å². The molecule has 3 aromatic rings. The fraction of sp³-hybridized carbons (Fsp3) is 0.235. The van der Waals surface area contributed by atoms with Crippen molar-refractivity contribution in [2.45, 2.75) is 17.9 Å². The second-order valence-electron chi connectivity index (χ2n) is 5.77. The van der Waals surface area contributed by atoms with Crippen molar-refractivity contribution >= 4 is 26.7 Å². The second-order valence-corrected chi connectivity index (χ2v) is 7.51. The van der Waals surface area contributed by atoms with Crippen LogP contribution in [0.25, 0.3) is 11.0 Å². The number of benzene rings is 2. The number of non-ortho nitro benzene ring substituents is 1. The highest BCUT2D eigenvalue weighted by Crippen LogP contribution is 2.27. The van der Waals surface area contributed by atoms with Crippen molar-refractivity contribution in [2.75, 3.05) is 13.7 Å². The third kappa shape index (κ3) is 4.07. The molecule has 10 heteroatoms. The maximum atomic E-state index is 12.5. The first kappa shape index (κ1) is 18.8. The second kappa shape index (κ2) is 7.72. The number of aryl methyl sites for hydroxylation is 1. The molecule has 142 valence electrons. The van der Waals surface area contributed by atoms with E-state index in [-0.39, 0.29) is 22.9 Å². The van der Waals surface area contributed by atoms with Crippen LogP contribution in [0, 0.1) is 10.1 Å². The van der Waals surface area contributed by atoms with Crippen LogP contribution in [0.1, 0.15) is 6.42 Å². The van der Waals surface area contributed by atoms with E-state index in [0.29, 0.717) is 13.0 Å². The van der Waals surface area contributed by atoms with E-state index in [2.05, 4.69) is 9.71 Å². The highest BCUT2D eigenvalue weighted by atomic mass is 32.2. The van der Waals surface area contributed by atoms with Crippen LogP contribution in [0.3, 0.4) is 0 Å². The van der Waals surface area contributed by atoms with Crippen LogP contribution in [0.15, 0.2) is 53.7 Å². The molecular formula is C17H18N4O5S. The van der Waals surface area contributed by atoms with Crippen LogP contribution in [0.4, 0.5) is 5.69 Å². The minimum absolute atomic E-state index is 0.0497. The molecule has 0 amide bonds. The van der Waals surface area contributed by atoms with Gasteiger partial charge >= 0.3 is 0 Å². The Balaban J connectivity index is 1.68. The summed E-state index contributed by atoms with van der Waals surface area (Å²) in [5.74, 6) is 0.0497. The number of hydrogen-bond donors (Lipinski definition) is 1. The van der Waals surface area contributed by atoms with Gasteiger partial charge in [0.25, 0.3) is 5.69 Å². The summed E-state index contributed by atoms with van der Waals surface area (Å²) in [4.78, 5) is 14.3. The molecule has 0 spiro atoms. The topological polar surface area (TPSA) is 116 Å². The van der Waals surface area contributed by atoms with Crippen LogP contribution in [-0.2, 0) is 16.6 Å². The van der Waals surface area contributed by atoms with Gasteiger partial charge in [0.15, 0.2) is 0 Å². The van der Waals surface area contributed by atoms with Crippen molar-refractivity contribution in [1.29, 1.82) is 0 Å². The summed E-state index contributed by atoms with van der Waals surface area (Å²) >= 11 is 0. The van der Waals surface area contributed by atoms with Crippen LogP contribution in [0.2, 0.25) is 0 Å². The van der Waals surface area contributed by atoms with Gasteiger partial charge in [0, 0.05) is 25.2 Å². The smallest absolute Gasteiger partial charge is 0.271 e. The highest BCUT2D eigenvalue weighted by molar-refractivity contribution is 7.89. The SMILES string of the molecule is COc1ccc([N+](=O)[O-])cc1S(=O)(=O)NCCCn1cnc2ccccc21. The molecule has 0 atom stereocenters. The van der Waals surface area contributed by atoms with Crippen molar-refractivity contribution in [3.63, 3.8) is 0 Å². The van der Waals surface area contributed by atoms with Crippen LogP contribution in [0.5, 0.6) is 5.75 Å². The predicted molar refractivity (Wildman–Crippen MR) is 99.2 cm³/mol. The van der Waals surface area contributed by atoms with Gasteiger partial charge in [0.2, 0.25) is 10.0 Å². The van der Waals surface area contributed by atoms with Gasteiger partial charge in [-0.05, 0) is 24.6 Å². The fourth-order valence-corrected chi connectivity index (χ4v) is 3.97. The Morgan fingerprint density at radius 2 is 2.04 bits per heavy atom. The van der Waals surface area contributed by atoms with E-state index in [1.54, 1.807) is 6.33 Å². The zero-order chi connectivity index (χ0) is 19.4. The number of para-hydroxylation sites is 2. The number of nitro benzene ring substituents is 1. The largest absolute Gasteiger partial charge is 0.495 e. The molecule has 0 fully saturated rings. The van der Waals surface area contributed by atoms with Gasteiger partial charge in [0.05, 0.1) is 29.4 Å². The molecule has 1 N–H and O–H groups in total. The molecule has 1 aromatic heterocycles. The Bertz CT molecular complexity index is 1080. The minimum Gasteiger partial charge on any atom is -0.495 e. The molecule has 1 heterocycles. The van der Waals surface area contributed by atoms with E-state index >= 15 is 0 Å². The number of methoxy groups -OCH3 is 1. The zero-order valence-electron chi connectivity index (χ0n) is 14.5. The number of imidazole rings is 1. The van der Waals surface area contributed by atoms with Gasteiger partial charge in [-0.3, -0.25) is 10.1 Å². The average Bonchev–Trinajstić information content (AvgIpc) is 3.08. The van der Waals surface area contributed by atoms with Gasteiger partial charge in [-0.1, -0.05) is 12.1 Å². The van der Waals surface area contributed by atoms with Gasteiger partial charge in [-0.25, -0.2) is 18.1 Å². The van der Waals surface area contributed by atoms with E-state index in [0.717, 1.165) is 17.1 Å². The Hall–Kier alpha value is -2.98. The van der Waals surface area contributed by atoms with Crippen LogP contribution < -0.4 is 9.46 Å². The lowest BCUT2D eigenvalue weighted by atomic mass is 10.3. The zero-order valence-corrected chi connectivity index (χ0v) is 15.3. The van der Waals surface area contributed by atoms with Crippen molar-refractivity contribution < 1.29 is 18.1 Å². The van der Waals surface area contributed by atoms with Gasteiger partial charge in [-0.15, -0.1) is 0 Å². The first-order chi connectivity index (χ1) is 12.9. The molecule has 0 saturated heterocycles. The molecule has 0 radical (unpaired) electrons. The lowest BCUT2D eigenvalue weighted by Crippen LogP contribution is -2.26. The number of rotatable bonds is 8. The standard InChI is InChI=1S/C17H18N4O5S/c1-26-16-8-7-13(21(22)23)11-17(16)27(24,25)19-9-4-10-20-12-18-14-5-2-3-6-15(14)20/h2-3,5-8,11-12,19H,4,9-10H2,1H3. The maximum absolute atomic E-state index is 12.5. The number of fused-ring (bicyclic) bond motifs is 1. The Labute approximate surface area is 155 Å². The molecule has 0 aliphatic rings. The Morgan fingerprint density at radius 1 is 1.26 bits per heavy atom. The fourth-order valence-electron chi connectivity index (χ4n) is 2.71. The summed E-state index contributed by atoms with van der Waals surface area (Å²) in [6.07, 6.45) is 2.24. The maximum Gasteiger partial charge on any atom is 0.271 e. The summed E-state index contributed by atoms with van der Waals surface area (Å²) in [5.41, 5.74) is 1.53. The van der Waals surface area contributed by atoms with Gasteiger partial charge in [-0.2, -0.15) is 0 Å². The molecule has 0 aliphatic carbocycles. The van der Waals surface area contributed by atoms with E-state index < -0.39 is 14.9 Å². The molecule has 0 bridgehead atoms. The molecule has 0 aliphatic heterocycles. The summed E-state index contributed by atoms with van der Waals surface area (Å²) in [7, 11) is -2.64. The molecular weight excluding hydrogens is 372 g/mol. The lowest BCUT2D eigenvalue weighted by Gasteiger charge is -2.11. The Kier molecular flexibility index (Phi) is 5.38. The quantitative estimate of drug-likeness (QED) is 0.358. The molecule has 0 saturated carbocycles. The number of nitrogens with one attached hydrogen (secondary N) is 1. The van der Waals surface area contributed by atoms with E-state index in [4.69, 9.17) is 4.74 Å². The first-order valence-electron chi connectivity index (χ1n) is 8.14. The first-order valence-corrected chi connectivity index (χ1v) is 9.62. The predicted octanol–water partition coefficient (Wildman–Crippen LogP) is 2.32. The number of nitro groups is 1. The minimum atomic E-state index is -3.95. The van der Waals surface area contributed by atoms with Crippen LogP contribution in [-0.4, -0.2) is 36.5 Å². The molecule has 27 heavy (non-hydrogen) atoms. The third-order valence-electron chi connectivity index (χ3n) is 4.04. The van der Waals surface area contributed by atoms with Crippen molar-refractivity contribution in [3.05, 3.63) is 58.9 Å². The number of nitrogens with zero attached hydrogens (tertiary/aromatic N) is 3. The van der Waals surface area contributed by atoms with Crippen molar-refractivity contribution in [3.8, 4) is 5.75 Å².